The van der Waals surface area contributed by atoms with Gasteiger partial charge in [-0.25, -0.2) is 0 Å². The molecule has 1 amide bonds. The lowest BCUT2D eigenvalue weighted by atomic mass is 9.96. The molecule has 1 atom stereocenters. The van der Waals surface area contributed by atoms with E-state index in [1.807, 2.05) is 66.7 Å². The van der Waals surface area contributed by atoms with E-state index in [0.29, 0.717) is 28.5 Å². The molecule has 4 aromatic rings. The van der Waals surface area contributed by atoms with Gasteiger partial charge in [-0.1, -0.05) is 48.9 Å². The molecule has 2 heterocycles. The molecule has 0 bridgehead atoms. The molecule has 1 fully saturated rings. The van der Waals surface area contributed by atoms with E-state index in [1.54, 1.807) is 14.2 Å². The van der Waals surface area contributed by atoms with Crippen molar-refractivity contribution in [1.82, 2.24) is 4.90 Å². The summed E-state index contributed by atoms with van der Waals surface area (Å²) < 4.78 is 18.0. The fourth-order valence-corrected chi connectivity index (χ4v) is 4.97. The van der Waals surface area contributed by atoms with E-state index >= 15 is 0 Å². The third-order valence-electron chi connectivity index (χ3n) is 6.63. The van der Waals surface area contributed by atoms with E-state index in [2.05, 4.69) is 16.3 Å². The molecule has 1 aliphatic rings. The molecule has 1 aromatic heterocycles. The highest BCUT2D eigenvalue weighted by atomic mass is 16.5. The highest BCUT2D eigenvalue weighted by Crippen LogP contribution is 2.46. The Morgan fingerprint density at radius 2 is 1.63 bits per heavy atom. The van der Waals surface area contributed by atoms with Crippen LogP contribution < -0.4 is 14.8 Å². The zero-order valence-corrected chi connectivity index (χ0v) is 20.1. The molecular weight excluding hydrogens is 440 g/mol. The molecule has 35 heavy (non-hydrogen) atoms. The number of ether oxygens (including phenoxy) is 2. The van der Waals surface area contributed by atoms with Gasteiger partial charge in [0.05, 0.1) is 25.9 Å². The highest BCUT2D eigenvalue weighted by molar-refractivity contribution is 6.09. The van der Waals surface area contributed by atoms with Crippen LogP contribution in [0, 0.1) is 0 Å². The van der Waals surface area contributed by atoms with Crippen LogP contribution in [0.2, 0.25) is 0 Å². The maximum Gasteiger partial charge on any atom is 0.255 e. The number of nitrogens with zero attached hydrogens (tertiary/aromatic N) is 1. The lowest BCUT2D eigenvalue weighted by molar-refractivity contribution is 0.102. The number of para-hydroxylation sites is 2. The number of rotatable bonds is 7. The van der Waals surface area contributed by atoms with Gasteiger partial charge >= 0.3 is 0 Å². The maximum absolute atomic E-state index is 13.3. The molecule has 0 saturated carbocycles. The summed E-state index contributed by atoms with van der Waals surface area (Å²) in [6.07, 6.45) is 3.42. The predicted octanol–water partition coefficient (Wildman–Crippen LogP) is 6.28. The molecule has 0 aliphatic carbocycles. The second kappa shape index (κ2) is 10.2. The van der Waals surface area contributed by atoms with Crippen molar-refractivity contribution in [2.75, 3.05) is 32.6 Å². The van der Waals surface area contributed by atoms with Gasteiger partial charge in [-0.3, -0.25) is 9.69 Å². The zero-order valence-electron chi connectivity index (χ0n) is 20.1. The first-order valence-electron chi connectivity index (χ1n) is 12.0. The van der Waals surface area contributed by atoms with Crippen molar-refractivity contribution in [3.05, 3.63) is 89.7 Å². The van der Waals surface area contributed by atoms with E-state index in [0.717, 1.165) is 42.5 Å². The van der Waals surface area contributed by atoms with E-state index in [-0.39, 0.29) is 11.9 Å². The van der Waals surface area contributed by atoms with Crippen LogP contribution in [0.25, 0.3) is 11.0 Å². The second-order valence-electron chi connectivity index (χ2n) is 8.74. The first-order valence-corrected chi connectivity index (χ1v) is 12.0. The number of carbonyl (C=O) groups excluding carboxylic acids is 1. The summed E-state index contributed by atoms with van der Waals surface area (Å²) in [7, 11) is 3.30. The number of hydrogen-bond donors (Lipinski definition) is 1. The van der Waals surface area contributed by atoms with Crippen LogP contribution in [0.1, 0.15) is 47.0 Å². The fraction of sp³-hybridized carbons (Fsp3) is 0.276. The number of anilines is 1. The number of nitrogens with one attached hydrogen (secondary N) is 1. The Morgan fingerprint density at radius 1 is 0.886 bits per heavy atom. The minimum atomic E-state index is -0.251. The molecule has 1 saturated heterocycles. The Balaban J connectivity index is 1.69. The number of piperidine rings is 1. The Kier molecular flexibility index (Phi) is 6.73. The third kappa shape index (κ3) is 4.49. The number of hydrogen-bond acceptors (Lipinski definition) is 5. The zero-order chi connectivity index (χ0) is 24.2. The van der Waals surface area contributed by atoms with E-state index in [9.17, 15) is 4.79 Å². The molecule has 0 unspecified atom stereocenters. The summed E-state index contributed by atoms with van der Waals surface area (Å²) >= 11 is 0. The number of furan rings is 1. The Labute approximate surface area is 205 Å². The second-order valence-corrected chi connectivity index (χ2v) is 8.74. The summed E-state index contributed by atoms with van der Waals surface area (Å²) in [4.78, 5) is 15.7. The van der Waals surface area contributed by atoms with Crippen LogP contribution in [0.4, 0.5) is 5.69 Å². The van der Waals surface area contributed by atoms with Crippen molar-refractivity contribution in [2.45, 2.75) is 25.3 Å². The number of amides is 1. The molecule has 6 nitrogen and oxygen atoms in total. The van der Waals surface area contributed by atoms with Gasteiger partial charge in [-0.05, 0) is 56.3 Å². The Morgan fingerprint density at radius 3 is 2.37 bits per heavy atom. The molecule has 3 aromatic carbocycles. The van der Waals surface area contributed by atoms with Gasteiger partial charge in [0.25, 0.3) is 5.91 Å². The average Bonchev–Trinajstić information content (AvgIpc) is 3.27. The monoisotopic (exact) mass is 470 g/mol. The average molecular weight is 471 g/mol. The summed E-state index contributed by atoms with van der Waals surface area (Å²) in [5.41, 5.74) is 2.96. The molecule has 6 heteroatoms. The standard InChI is InChI=1S/C29H30N2O4/c1-33-24-17-11-15-22(27(24)34-2)26(31-18-9-4-10-19-31)28-25(21-14-7-8-16-23(21)35-28)30-29(32)20-12-5-3-6-13-20/h3,5-8,11-17,26H,4,9-10,18-19H2,1-2H3,(H,30,32)/t26-/m0/s1. The van der Waals surface area contributed by atoms with Crippen LogP contribution in [0.5, 0.6) is 11.5 Å². The van der Waals surface area contributed by atoms with E-state index in [1.165, 1.54) is 6.42 Å². The smallest absolute Gasteiger partial charge is 0.255 e. The van der Waals surface area contributed by atoms with Crippen molar-refractivity contribution in [1.29, 1.82) is 0 Å². The van der Waals surface area contributed by atoms with E-state index < -0.39 is 0 Å². The van der Waals surface area contributed by atoms with Gasteiger partial charge in [-0.2, -0.15) is 0 Å². The summed E-state index contributed by atoms with van der Waals surface area (Å²) in [5, 5.41) is 4.04. The first kappa shape index (κ1) is 23.0. The summed E-state index contributed by atoms with van der Waals surface area (Å²) in [5.74, 6) is 1.86. The molecule has 5 rings (SSSR count). The van der Waals surface area contributed by atoms with E-state index in [4.69, 9.17) is 13.9 Å². The number of likely N-dealkylation sites (tertiary alicyclic amines) is 1. The molecule has 1 N–H and O–H groups in total. The molecule has 0 radical (unpaired) electrons. The third-order valence-corrected chi connectivity index (χ3v) is 6.63. The van der Waals surface area contributed by atoms with Crippen molar-refractivity contribution < 1.29 is 18.7 Å². The Bertz CT molecular complexity index is 1310. The maximum atomic E-state index is 13.3. The quantitative estimate of drug-likeness (QED) is 0.344. The van der Waals surface area contributed by atoms with Gasteiger partial charge in [0, 0.05) is 16.5 Å². The molecule has 180 valence electrons. The number of methoxy groups -OCH3 is 2. The van der Waals surface area contributed by atoms with Gasteiger partial charge in [0.15, 0.2) is 17.3 Å². The minimum Gasteiger partial charge on any atom is -0.493 e. The normalized spacial score (nSPS) is 15.0. The van der Waals surface area contributed by atoms with Gasteiger partial charge in [0.2, 0.25) is 0 Å². The number of benzene rings is 3. The van der Waals surface area contributed by atoms with Crippen LogP contribution in [-0.2, 0) is 0 Å². The lowest BCUT2D eigenvalue weighted by Gasteiger charge is -2.35. The number of fused-ring (bicyclic) bond motifs is 1. The number of carbonyl (C=O) groups is 1. The van der Waals surface area contributed by atoms with Crippen LogP contribution in [0.3, 0.4) is 0 Å². The summed E-state index contributed by atoms with van der Waals surface area (Å²) in [6.45, 7) is 1.85. The van der Waals surface area contributed by atoms with Gasteiger partial charge in [0.1, 0.15) is 5.58 Å². The summed E-state index contributed by atoms with van der Waals surface area (Å²) in [6, 6.07) is 22.7. The van der Waals surface area contributed by atoms with Crippen molar-refractivity contribution in [3.63, 3.8) is 0 Å². The predicted molar refractivity (Wildman–Crippen MR) is 137 cm³/mol. The lowest BCUT2D eigenvalue weighted by Crippen LogP contribution is -2.35. The molecular formula is C29H30N2O4. The van der Waals surface area contributed by atoms with Gasteiger partial charge in [-0.15, -0.1) is 0 Å². The Hall–Kier alpha value is -3.77. The minimum absolute atomic E-state index is 0.173. The first-order chi connectivity index (χ1) is 17.2. The van der Waals surface area contributed by atoms with Crippen molar-refractivity contribution in [2.24, 2.45) is 0 Å². The van der Waals surface area contributed by atoms with Crippen molar-refractivity contribution >= 4 is 22.6 Å². The van der Waals surface area contributed by atoms with Crippen molar-refractivity contribution in [3.8, 4) is 11.5 Å². The van der Waals surface area contributed by atoms with Crippen LogP contribution in [-0.4, -0.2) is 38.1 Å². The van der Waals surface area contributed by atoms with Crippen LogP contribution >= 0.6 is 0 Å². The fourth-order valence-electron chi connectivity index (χ4n) is 4.97. The van der Waals surface area contributed by atoms with Gasteiger partial charge < -0.3 is 19.2 Å². The highest BCUT2D eigenvalue weighted by Gasteiger charge is 2.34. The SMILES string of the molecule is COc1cccc([C@@H](c2oc3ccccc3c2NC(=O)c2ccccc2)N2CCCCC2)c1OC. The molecule has 0 spiro atoms. The molecule has 1 aliphatic heterocycles. The topological polar surface area (TPSA) is 63.9 Å². The largest absolute Gasteiger partial charge is 0.493 e. The van der Waals surface area contributed by atoms with Crippen LogP contribution in [0.15, 0.2) is 77.2 Å².